The van der Waals surface area contributed by atoms with Gasteiger partial charge < -0.3 is 5.11 Å². The fourth-order valence-corrected chi connectivity index (χ4v) is 0.237. The molecule has 9 heavy (non-hydrogen) atoms. The van der Waals surface area contributed by atoms with Crippen molar-refractivity contribution in [1.29, 1.82) is 0 Å². The van der Waals surface area contributed by atoms with Crippen molar-refractivity contribution in [2.45, 2.75) is 19.2 Å². The van der Waals surface area contributed by atoms with Crippen LogP contribution in [0.15, 0.2) is 0 Å². The SMILES string of the molecule is CC(O)C(=O)C(F)(F)F. The number of hydrogen-bond donors (Lipinski definition) is 1. The van der Waals surface area contributed by atoms with Gasteiger partial charge in [-0.05, 0) is 6.92 Å². The first kappa shape index (κ1) is 8.42. The lowest BCUT2D eigenvalue weighted by atomic mass is 10.2. The van der Waals surface area contributed by atoms with Gasteiger partial charge in [-0.2, -0.15) is 13.2 Å². The summed E-state index contributed by atoms with van der Waals surface area (Å²) >= 11 is 0. The number of rotatable bonds is 1. The number of halogens is 3. The quantitative estimate of drug-likeness (QED) is 0.578. The Labute approximate surface area is 49.3 Å². The summed E-state index contributed by atoms with van der Waals surface area (Å²) in [5.74, 6) is -2.11. The van der Waals surface area contributed by atoms with Gasteiger partial charge in [0.1, 0.15) is 6.10 Å². The maximum atomic E-state index is 11.2. The minimum Gasteiger partial charge on any atom is -0.385 e. The molecule has 0 aliphatic rings. The second-order valence-corrected chi connectivity index (χ2v) is 1.54. The van der Waals surface area contributed by atoms with E-state index in [-0.39, 0.29) is 0 Å². The van der Waals surface area contributed by atoms with Gasteiger partial charge in [-0.3, -0.25) is 4.79 Å². The summed E-state index contributed by atoms with van der Waals surface area (Å²) in [4.78, 5) is 9.79. The van der Waals surface area contributed by atoms with E-state index in [0.29, 0.717) is 0 Å². The number of aliphatic hydroxyl groups excluding tert-OH is 1. The van der Waals surface area contributed by atoms with Crippen LogP contribution in [0.2, 0.25) is 0 Å². The van der Waals surface area contributed by atoms with Crippen LogP contribution in [0.25, 0.3) is 0 Å². The Morgan fingerprint density at radius 2 is 1.89 bits per heavy atom. The first-order chi connectivity index (χ1) is 3.85. The van der Waals surface area contributed by atoms with Crippen molar-refractivity contribution in [3.05, 3.63) is 0 Å². The van der Waals surface area contributed by atoms with Crippen molar-refractivity contribution in [2.24, 2.45) is 0 Å². The molecule has 0 aromatic rings. The van der Waals surface area contributed by atoms with Crippen molar-refractivity contribution in [3.8, 4) is 0 Å². The Kier molecular flexibility index (Phi) is 2.19. The topological polar surface area (TPSA) is 37.3 Å². The van der Waals surface area contributed by atoms with Gasteiger partial charge in [-0.25, -0.2) is 0 Å². The normalized spacial score (nSPS) is 15.2. The molecule has 1 unspecified atom stereocenters. The zero-order valence-corrected chi connectivity index (χ0v) is 4.57. The van der Waals surface area contributed by atoms with E-state index in [4.69, 9.17) is 5.11 Å². The number of carbonyl (C=O) groups is 1. The molecule has 0 spiro atoms. The molecule has 0 heterocycles. The van der Waals surface area contributed by atoms with Crippen molar-refractivity contribution in [2.75, 3.05) is 0 Å². The van der Waals surface area contributed by atoms with Crippen molar-refractivity contribution >= 4 is 5.78 Å². The number of aliphatic hydroxyl groups is 1. The number of carbonyl (C=O) groups excluding carboxylic acids is 1. The molecule has 0 amide bonds. The Balaban J connectivity index is 4.06. The number of alkyl halides is 3. The largest absolute Gasteiger partial charge is 0.452 e. The molecule has 0 radical (unpaired) electrons. The van der Waals surface area contributed by atoms with E-state index in [1.165, 1.54) is 0 Å². The zero-order chi connectivity index (χ0) is 7.65. The Bertz CT molecular complexity index is 115. The lowest BCUT2D eigenvalue weighted by Crippen LogP contribution is -2.32. The lowest BCUT2D eigenvalue weighted by Gasteiger charge is -2.05. The molecule has 0 aliphatic carbocycles. The van der Waals surface area contributed by atoms with Gasteiger partial charge in [-0.15, -0.1) is 0 Å². The van der Waals surface area contributed by atoms with Gasteiger partial charge in [-0.1, -0.05) is 0 Å². The molecule has 0 fully saturated rings. The van der Waals surface area contributed by atoms with E-state index < -0.39 is 18.1 Å². The first-order valence-corrected chi connectivity index (χ1v) is 2.15. The highest BCUT2D eigenvalue weighted by Crippen LogP contribution is 2.17. The summed E-state index contributed by atoms with van der Waals surface area (Å²) in [6.45, 7) is 0.774. The highest BCUT2D eigenvalue weighted by molar-refractivity contribution is 5.87. The zero-order valence-electron chi connectivity index (χ0n) is 4.57. The summed E-state index contributed by atoms with van der Waals surface area (Å²) in [5, 5.41) is 8.09. The Morgan fingerprint density at radius 3 is 1.89 bits per heavy atom. The molecule has 0 rings (SSSR count). The van der Waals surface area contributed by atoms with Crippen LogP contribution in [0.4, 0.5) is 13.2 Å². The first-order valence-electron chi connectivity index (χ1n) is 2.15. The highest BCUT2D eigenvalue weighted by Gasteiger charge is 2.40. The predicted molar refractivity (Wildman–Crippen MR) is 22.7 cm³/mol. The van der Waals surface area contributed by atoms with Crippen molar-refractivity contribution in [1.82, 2.24) is 0 Å². The van der Waals surface area contributed by atoms with Gasteiger partial charge in [0.2, 0.25) is 0 Å². The molecule has 1 atom stereocenters. The van der Waals surface area contributed by atoms with Crippen LogP contribution in [0.3, 0.4) is 0 Å². The fourth-order valence-electron chi connectivity index (χ4n) is 0.237. The van der Waals surface area contributed by atoms with Gasteiger partial charge in [0, 0.05) is 0 Å². The van der Waals surface area contributed by atoms with Crippen LogP contribution < -0.4 is 0 Å². The van der Waals surface area contributed by atoms with E-state index in [0.717, 1.165) is 6.92 Å². The van der Waals surface area contributed by atoms with E-state index >= 15 is 0 Å². The van der Waals surface area contributed by atoms with Crippen LogP contribution in [0.5, 0.6) is 0 Å². The van der Waals surface area contributed by atoms with Crippen LogP contribution in [-0.4, -0.2) is 23.2 Å². The predicted octanol–water partition coefficient (Wildman–Crippen LogP) is 0.499. The molecule has 0 bridgehead atoms. The summed E-state index contributed by atoms with van der Waals surface area (Å²) in [6.07, 6.45) is -6.86. The van der Waals surface area contributed by atoms with Crippen molar-refractivity contribution < 1.29 is 23.1 Å². The fraction of sp³-hybridized carbons (Fsp3) is 0.750. The molecule has 2 nitrogen and oxygen atoms in total. The summed E-state index contributed by atoms with van der Waals surface area (Å²) in [5.41, 5.74) is 0. The van der Waals surface area contributed by atoms with Crippen LogP contribution in [-0.2, 0) is 4.79 Å². The molecule has 0 aromatic carbocycles. The molecule has 1 N–H and O–H groups in total. The molecule has 0 saturated heterocycles. The maximum Gasteiger partial charge on any atom is 0.452 e. The molecular weight excluding hydrogens is 137 g/mol. The summed E-state index contributed by atoms with van der Waals surface area (Å²) < 4.78 is 33.6. The van der Waals surface area contributed by atoms with Crippen LogP contribution in [0.1, 0.15) is 6.92 Å². The van der Waals surface area contributed by atoms with Crippen LogP contribution in [0, 0.1) is 0 Å². The summed E-state index contributed by atoms with van der Waals surface area (Å²) in [7, 11) is 0. The molecule has 5 heteroatoms. The van der Waals surface area contributed by atoms with Gasteiger partial charge in [0.15, 0.2) is 0 Å². The van der Waals surface area contributed by atoms with E-state index in [9.17, 15) is 18.0 Å². The van der Waals surface area contributed by atoms with Gasteiger partial charge in [0.05, 0.1) is 0 Å². The second-order valence-electron chi connectivity index (χ2n) is 1.54. The number of Topliss-reactive ketones (excluding diaryl/α,β-unsaturated/α-hetero) is 1. The van der Waals surface area contributed by atoms with E-state index in [2.05, 4.69) is 0 Å². The minimum absolute atomic E-state index is 0.774. The smallest absolute Gasteiger partial charge is 0.385 e. The molecular formula is C4H5F3O2. The monoisotopic (exact) mass is 142 g/mol. The number of ketones is 1. The van der Waals surface area contributed by atoms with Crippen molar-refractivity contribution in [3.63, 3.8) is 0 Å². The third-order valence-corrected chi connectivity index (χ3v) is 0.659. The summed E-state index contributed by atoms with van der Waals surface area (Å²) in [6, 6.07) is 0. The van der Waals surface area contributed by atoms with Gasteiger partial charge in [0.25, 0.3) is 5.78 Å². The number of hydrogen-bond acceptors (Lipinski definition) is 2. The minimum atomic E-state index is -4.91. The molecule has 0 saturated carbocycles. The third kappa shape index (κ3) is 2.46. The van der Waals surface area contributed by atoms with Gasteiger partial charge >= 0.3 is 6.18 Å². The average molecular weight is 142 g/mol. The third-order valence-electron chi connectivity index (χ3n) is 0.659. The molecule has 0 aliphatic heterocycles. The Hall–Kier alpha value is -0.580. The average Bonchev–Trinajstić information content (AvgIpc) is 1.62. The highest BCUT2D eigenvalue weighted by atomic mass is 19.4. The van der Waals surface area contributed by atoms with E-state index in [1.54, 1.807) is 0 Å². The second kappa shape index (κ2) is 2.34. The van der Waals surface area contributed by atoms with E-state index in [1.807, 2.05) is 0 Å². The van der Waals surface area contributed by atoms with Crippen LogP contribution >= 0.6 is 0 Å². The maximum absolute atomic E-state index is 11.2. The Morgan fingerprint density at radius 1 is 1.56 bits per heavy atom. The molecule has 0 aromatic heterocycles. The lowest BCUT2D eigenvalue weighted by molar-refractivity contribution is -0.178. The molecule has 54 valence electrons. The standard InChI is InChI=1S/C4H5F3O2/c1-2(8)3(9)4(5,6)7/h2,8H,1H3.